The smallest absolute Gasteiger partial charge is 0.243 e. The summed E-state index contributed by atoms with van der Waals surface area (Å²) in [6.07, 6.45) is -0.557. The summed E-state index contributed by atoms with van der Waals surface area (Å²) in [4.78, 5) is 0.0365. The van der Waals surface area contributed by atoms with E-state index in [0.717, 1.165) is 0 Å². The summed E-state index contributed by atoms with van der Waals surface area (Å²) < 4.78 is 32.3. The monoisotopic (exact) mass is 353 g/mol. The van der Waals surface area contributed by atoms with Gasteiger partial charge in [0.25, 0.3) is 0 Å². The molecular weight excluding hydrogens is 337 g/mol. The van der Waals surface area contributed by atoms with Crippen molar-refractivity contribution >= 4 is 33.2 Å². The van der Waals surface area contributed by atoms with E-state index >= 15 is 0 Å². The van der Waals surface area contributed by atoms with Gasteiger partial charge in [0.05, 0.1) is 23.2 Å². The summed E-state index contributed by atoms with van der Waals surface area (Å²) in [6.45, 7) is 3.60. The minimum atomic E-state index is -3.75. The second-order valence-electron chi connectivity index (χ2n) is 5.58. The summed E-state index contributed by atoms with van der Waals surface area (Å²) >= 11 is 11.7. The van der Waals surface area contributed by atoms with E-state index in [-0.39, 0.29) is 34.6 Å². The molecule has 1 aromatic rings. The Morgan fingerprint density at radius 3 is 2.43 bits per heavy atom. The van der Waals surface area contributed by atoms with Crippen molar-refractivity contribution < 1.29 is 18.3 Å². The predicted molar refractivity (Wildman–Crippen MR) is 81.3 cm³/mol. The van der Waals surface area contributed by atoms with Crippen molar-refractivity contribution in [3.8, 4) is 0 Å². The molecule has 8 heteroatoms. The van der Waals surface area contributed by atoms with Crippen molar-refractivity contribution in [3.63, 3.8) is 0 Å². The Morgan fingerprint density at radius 1 is 1.33 bits per heavy atom. The summed E-state index contributed by atoms with van der Waals surface area (Å²) in [5.74, 6) is 0. The quantitative estimate of drug-likeness (QED) is 0.903. The number of aliphatic hydroxyl groups is 1. The lowest BCUT2D eigenvalue weighted by atomic mass is 10.1. The molecule has 0 saturated carbocycles. The highest BCUT2D eigenvalue weighted by Crippen LogP contribution is 2.29. The first-order valence-electron chi connectivity index (χ1n) is 6.39. The minimum Gasteiger partial charge on any atom is -0.394 e. The number of rotatable bonds is 3. The Hall–Kier alpha value is -0.370. The molecule has 1 aromatic carbocycles. The molecule has 0 radical (unpaired) electrons. The van der Waals surface area contributed by atoms with Crippen molar-refractivity contribution in [2.24, 2.45) is 0 Å². The SMILES string of the molecule is CC1(C)CN(S(=O)(=O)c2cc(Cl)cc(Cl)c2)CC(CO)O1. The summed E-state index contributed by atoms with van der Waals surface area (Å²) in [6, 6.07) is 4.19. The van der Waals surface area contributed by atoms with Gasteiger partial charge < -0.3 is 9.84 Å². The average Bonchev–Trinajstić information content (AvgIpc) is 2.35. The number of aliphatic hydroxyl groups excluding tert-OH is 1. The highest BCUT2D eigenvalue weighted by atomic mass is 35.5. The lowest BCUT2D eigenvalue weighted by Crippen LogP contribution is -2.55. The maximum Gasteiger partial charge on any atom is 0.243 e. The molecule has 2 rings (SSSR count). The van der Waals surface area contributed by atoms with Gasteiger partial charge in [0, 0.05) is 23.1 Å². The fourth-order valence-electron chi connectivity index (χ4n) is 2.35. The first kappa shape index (κ1) is 17.0. The number of morpholine rings is 1. The molecule has 1 atom stereocenters. The van der Waals surface area contributed by atoms with Gasteiger partial charge in [-0.05, 0) is 32.0 Å². The minimum absolute atomic E-state index is 0.0365. The zero-order chi connectivity index (χ0) is 15.8. The summed E-state index contributed by atoms with van der Waals surface area (Å²) in [5.41, 5.74) is -0.679. The fourth-order valence-corrected chi connectivity index (χ4v) is 4.70. The number of ether oxygens (including phenoxy) is 1. The van der Waals surface area contributed by atoms with Crippen LogP contribution in [0.15, 0.2) is 23.1 Å². The van der Waals surface area contributed by atoms with Gasteiger partial charge in [0.15, 0.2) is 0 Å². The van der Waals surface area contributed by atoms with E-state index in [1.807, 2.05) is 0 Å². The lowest BCUT2D eigenvalue weighted by molar-refractivity contribution is -0.131. The molecule has 0 aromatic heterocycles. The van der Waals surface area contributed by atoms with Gasteiger partial charge in [-0.3, -0.25) is 0 Å². The molecular formula is C13H17Cl2NO4S. The average molecular weight is 354 g/mol. The molecule has 0 aliphatic carbocycles. The van der Waals surface area contributed by atoms with Gasteiger partial charge in [-0.2, -0.15) is 4.31 Å². The Bertz CT molecular complexity index is 613. The van der Waals surface area contributed by atoms with Crippen molar-refractivity contribution in [2.75, 3.05) is 19.7 Å². The highest BCUT2D eigenvalue weighted by Gasteiger charge is 2.39. The molecule has 5 nitrogen and oxygen atoms in total. The standard InChI is InChI=1S/C13H17Cl2NO4S/c1-13(2)8-16(6-11(7-17)20-13)21(18,19)12-4-9(14)3-10(15)5-12/h3-5,11,17H,6-8H2,1-2H3. The topological polar surface area (TPSA) is 66.8 Å². The predicted octanol–water partition coefficient (Wildman–Crippen LogP) is 2.15. The van der Waals surface area contributed by atoms with Crippen LogP contribution in [-0.2, 0) is 14.8 Å². The normalized spacial score (nSPS) is 23.2. The van der Waals surface area contributed by atoms with Crippen LogP contribution in [0, 0.1) is 0 Å². The van der Waals surface area contributed by atoms with E-state index in [1.165, 1.54) is 22.5 Å². The number of hydrogen-bond acceptors (Lipinski definition) is 4. The van der Waals surface area contributed by atoms with Crippen molar-refractivity contribution in [1.29, 1.82) is 0 Å². The van der Waals surface area contributed by atoms with E-state index in [2.05, 4.69) is 0 Å². The number of halogens is 2. The van der Waals surface area contributed by atoms with Crippen LogP contribution in [0.3, 0.4) is 0 Å². The van der Waals surface area contributed by atoms with E-state index in [0.29, 0.717) is 0 Å². The number of nitrogens with zero attached hydrogens (tertiary/aromatic N) is 1. The van der Waals surface area contributed by atoms with E-state index in [9.17, 15) is 13.5 Å². The maximum absolute atomic E-state index is 12.7. The molecule has 1 aliphatic heterocycles. The van der Waals surface area contributed by atoms with Gasteiger partial charge in [-0.1, -0.05) is 23.2 Å². The molecule has 0 spiro atoms. The first-order chi connectivity index (χ1) is 9.64. The number of sulfonamides is 1. The second kappa shape index (κ2) is 6.02. The first-order valence-corrected chi connectivity index (χ1v) is 8.58. The zero-order valence-electron chi connectivity index (χ0n) is 11.7. The van der Waals surface area contributed by atoms with Crippen LogP contribution in [0.4, 0.5) is 0 Å². The van der Waals surface area contributed by atoms with Crippen molar-refractivity contribution in [1.82, 2.24) is 4.31 Å². The van der Waals surface area contributed by atoms with Gasteiger partial charge in [-0.25, -0.2) is 8.42 Å². The van der Waals surface area contributed by atoms with Crippen LogP contribution >= 0.6 is 23.2 Å². The molecule has 118 valence electrons. The summed E-state index contributed by atoms with van der Waals surface area (Å²) in [7, 11) is -3.75. The Labute approximate surface area is 134 Å². The van der Waals surface area contributed by atoms with Gasteiger partial charge in [-0.15, -0.1) is 0 Å². The maximum atomic E-state index is 12.7. The molecule has 21 heavy (non-hydrogen) atoms. The van der Waals surface area contributed by atoms with Crippen LogP contribution in [0.2, 0.25) is 10.0 Å². The third kappa shape index (κ3) is 3.88. The molecule has 1 N–H and O–H groups in total. The van der Waals surface area contributed by atoms with Crippen molar-refractivity contribution in [3.05, 3.63) is 28.2 Å². The largest absolute Gasteiger partial charge is 0.394 e. The Balaban J connectivity index is 2.38. The molecule has 1 saturated heterocycles. The molecule has 1 fully saturated rings. The molecule has 1 aliphatic rings. The third-order valence-electron chi connectivity index (χ3n) is 3.13. The Morgan fingerprint density at radius 2 is 1.90 bits per heavy atom. The zero-order valence-corrected chi connectivity index (χ0v) is 14.0. The van der Waals surface area contributed by atoms with Crippen LogP contribution in [0.1, 0.15) is 13.8 Å². The molecule has 1 heterocycles. The molecule has 1 unspecified atom stereocenters. The molecule has 0 amide bonds. The number of hydrogen-bond donors (Lipinski definition) is 1. The van der Waals surface area contributed by atoms with Crippen molar-refractivity contribution in [2.45, 2.75) is 30.4 Å². The summed E-state index contributed by atoms with van der Waals surface area (Å²) in [5, 5.41) is 9.79. The van der Waals surface area contributed by atoms with E-state index < -0.39 is 21.7 Å². The van der Waals surface area contributed by atoms with Crippen LogP contribution < -0.4 is 0 Å². The van der Waals surface area contributed by atoms with Crippen LogP contribution in [0.25, 0.3) is 0 Å². The molecule has 0 bridgehead atoms. The van der Waals surface area contributed by atoms with Crippen LogP contribution in [0.5, 0.6) is 0 Å². The highest BCUT2D eigenvalue weighted by molar-refractivity contribution is 7.89. The van der Waals surface area contributed by atoms with Gasteiger partial charge in [0.1, 0.15) is 0 Å². The Kier molecular flexibility index (Phi) is 4.87. The third-order valence-corrected chi connectivity index (χ3v) is 5.35. The van der Waals surface area contributed by atoms with Crippen LogP contribution in [-0.4, -0.2) is 49.2 Å². The second-order valence-corrected chi connectivity index (χ2v) is 8.40. The van der Waals surface area contributed by atoms with Gasteiger partial charge >= 0.3 is 0 Å². The fraction of sp³-hybridized carbons (Fsp3) is 0.538. The van der Waals surface area contributed by atoms with E-state index in [1.54, 1.807) is 13.8 Å². The lowest BCUT2D eigenvalue weighted by Gasteiger charge is -2.41. The number of benzene rings is 1. The van der Waals surface area contributed by atoms with E-state index in [4.69, 9.17) is 27.9 Å². The van der Waals surface area contributed by atoms with Gasteiger partial charge in [0.2, 0.25) is 10.0 Å².